The van der Waals surface area contributed by atoms with Crippen LogP contribution in [0.2, 0.25) is 0 Å². The lowest BCUT2D eigenvalue weighted by Gasteiger charge is -2.39. The molecular formula is C49H71N3O3. The van der Waals surface area contributed by atoms with E-state index in [1.54, 1.807) is 6.92 Å². The zero-order valence-electron chi connectivity index (χ0n) is 36.3. The summed E-state index contributed by atoms with van der Waals surface area (Å²) < 4.78 is 0. The van der Waals surface area contributed by atoms with Gasteiger partial charge in [-0.2, -0.15) is 0 Å². The molecule has 3 aromatic carbocycles. The van der Waals surface area contributed by atoms with E-state index in [1.165, 1.54) is 11.1 Å². The maximum Gasteiger partial charge on any atom is 0.146 e. The normalized spacial score (nSPS) is 15.8. The highest BCUT2D eigenvalue weighted by molar-refractivity contribution is 5.94. The Morgan fingerprint density at radius 3 is 2.11 bits per heavy atom. The van der Waals surface area contributed by atoms with Crippen molar-refractivity contribution in [1.29, 1.82) is 0 Å². The molecule has 0 radical (unpaired) electrons. The fraction of sp³-hybridized carbons (Fsp3) is 0.551. The van der Waals surface area contributed by atoms with Gasteiger partial charge in [0.05, 0.1) is 11.7 Å². The number of benzene rings is 3. The van der Waals surface area contributed by atoms with Crippen molar-refractivity contribution in [3.8, 4) is 11.1 Å². The summed E-state index contributed by atoms with van der Waals surface area (Å²) in [4.78, 5) is 34.3. The Hall–Kier alpha value is -3.74. The predicted octanol–water partition coefficient (Wildman–Crippen LogP) is 12.5. The quantitative estimate of drug-likeness (QED) is 0.0644. The third kappa shape index (κ3) is 13.2. The summed E-state index contributed by atoms with van der Waals surface area (Å²) in [6.45, 7) is 26.8. The maximum absolute atomic E-state index is 12.3. The Balaban J connectivity index is 1.78. The van der Waals surface area contributed by atoms with E-state index in [-0.39, 0.29) is 17.6 Å². The zero-order chi connectivity index (χ0) is 41.0. The van der Waals surface area contributed by atoms with Gasteiger partial charge in [-0.25, -0.2) is 0 Å². The van der Waals surface area contributed by atoms with E-state index in [0.29, 0.717) is 49.2 Å². The fourth-order valence-corrected chi connectivity index (χ4v) is 7.35. The summed E-state index contributed by atoms with van der Waals surface area (Å²) in [5.74, 6) is 1.68. The Labute approximate surface area is 333 Å². The molecule has 0 amide bonds. The van der Waals surface area contributed by atoms with Gasteiger partial charge in [0.2, 0.25) is 0 Å². The second-order valence-corrected chi connectivity index (χ2v) is 17.2. The number of hydrogen-bond donors (Lipinski definition) is 2. The van der Waals surface area contributed by atoms with Crippen LogP contribution < -0.4 is 5.32 Å². The van der Waals surface area contributed by atoms with Gasteiger partial charge in [0.1, 0.15) is 17.3 Å². The van der Waals surface area contributed by atoms with Crippen LogP contribution in [0.25, 0.3) is 27.5 Å². The van der Waals surface area contributed by atoms with Gasteiger partial charge in [-0.05, 0) is 121 Å². The maximum atomic E-state index is 12.3. The van der Waals surface area contributed by atoms with E-state index in [1.807, 2.05) is 27.0 Å². The first-order valence-electron chi connectivity index (χ1n) is 20.8. The summed E-state index contributed by atoms with van der Waals surface area (Å²) in [6, 6.07) is 19.2. The molecule has 0 aliphatic carbocycles. The highest BCUT2D eigenvalue weighted by Gasteiger charge is 2.38. The van der Waals surface area contributed by atoms with E-state index < -0.39 is 11.8 Å². The van der Waals surface area contributed by atoms with Gasteiger partial charge in [-0.3, -0.25) is 24.9 Å². The molecule has 2 N–H and O–H groups in total. The highest BCUT2D eigenvalue weighted by atomic mass is 16.3. The van der Waals surface area contributed by atoms with E-state index in [0.717, 1.165) is 63.8 Å². The molecule has 4 unspecified atom stereocenters. The number of unbranched alkanes of at least 4 members (excludes halogenated alkanes) is 1. The second kappa shape index (κ2) is 21.0. The Bertz CT molecular complexity index is 1830. The number of aliphatic imine (C=N–C) groups is 2. The van der Waals surface area contributed by atoms with Crippen LogP contribution in [0.4, 0.5) is 5.69 Å². The van der Waals surface area contributed by atoms with Gasteiger partial charge in [0.25, 0.3) is 0 Å². The summed E-state index contributed by atoms with van der Waals surface area (Å²) in [6.07, 6.45) is 7.43. The number of Topliss-reactive ketones (excluding diaryl/α,β-unsaturated/α-hetero) is 2. The fourth-order valence-electron chi connectivity index (χ4n) is 7.35. The van der Waals surface area contributed by atoms with Gasteiger partial charge in [-0.15, -0.1) is 0 Å². The molecule has 0 spiro atoms. The number of aryl methyl sites for hydroxylation is 1. The highest BCUT2D eigenvalue weighted by Crippen LogP contribution is 2.34. The molecule has 0 aliphatic rings. The average Bonchev–Trinajstić information content (AvgIpc) is 3.12. The first kappa shape index (κ1) is 45.6. The van der Waals surface area contributed by atoms with E-state index in [4.69, 9.17) is 9.98 Å². The molecule has 4 atom stereocenters. The average molecular weight is 750 g/mol. The van der Waals surface area contributed by atoms with Crippen LogP contribution in [-0.2, 0) is 9.59 Å². The topological polar surface area (TPSA) is 91.1 Å². The van der Waals surface area contributed by atoms with Gasteiger partial charge in [-0.1, -0.05) is 111 Å². The lowest BCUT2D eigenvalue weighted by Crippen LogP contribution is -2.58. The van der Waals surface area contributed by atoms with Crippen LogP contribution in [0.15, 0.2) is 70.8 Å². The molecule has 55 heavy (non-hydrogen) atoms. The van der Waals surface area contributed by atoms with Crippen molar-refractivity contribution < 1.29 is 14.7 Å². The third-order valence-electron chi connectivity index (χ3n) is 11.4. The predicted molar refractivity (Wildman–Crippen MR) is 236 cm³/mol. The van der Waals surface area contributed by atoms with Crippen molar-refractivity contribution in [2.75, 3.05) is 0 Å². The van der Waals surface area contributed by atoms with Crippen LogP contribution in [0.3, 0.4) is 0 Å². The number of aliphatic hydroxyl groups is 1. The molecule has 3 rings (SSSR count). The van der Waals surface area contributed by atoms with Crippen LogP contribution in [0.1, 0.15) is 139 Å². The molecule has 0 saturated carbocycles. The first-order chi connectivity index (χ1) is 25.9. The molecule has 0 fully saturated rings. The van der Waals surface area contributed by atoms with E-state index in [9.17, 15) is 14.7 Å². The number of ketones is 2. The summed E-state index contributed by atoms with van der Waals surface area (Å²) in [5.41, 5.74) is 7.38. The number of nitrogens with zero attached hydrogens (tertiary/aromatic N) is 2. The summed E-state index contributed by atoms with van der Waals surface area (Å²) >= 11 is 0. The number of carbonyl (C=O) groups excluding carboxylic acids is 2. The van der Waals surface area contributed by atoms with Crippen LogP contribution in [0, 0.1) is 36.5 Å². The first-order valence-corrected chi connectivity index (χ1v) is 20.8. The summed E-state index contributed by atoms with van der Waals surface area (Å²) in [7, 11) is 0. The van der Waals surface area contributed by atoms with Crippen LogP contribution >= 0.6 is 0 Å². The standard InChI is InChI=1S/C49H71N3O3/c1-14-47(39(13)53)52-49(55,37(11)32(4)5)29-35(9)51-48-26-24-43-28-42(23-25-45(43)36(48)10)40-19-21-41(22-20-40)46(33(6)7)30-50-38(12)34(8)17-15-16-18-44(54)27-31(2)3/h19-26,28,30-34,37,47,52,55H,14-18,27,29H2,1-13H3/b46-30+,50-38?,51-35?. The molecule has 0 bridgehead atoms. The molecule has 0 heterocycles. The third-order valence-corrected chi connectivity index (χ3v) is 11.4. The molecule has 300 valence electrons. The Morgan fingerprint density at radius 1 is 0.873 bits per heavy atom. The minimum atomic E-state index is -1.25. The Morgan fingerprint density at radius 2 is 1.53 bits per heavy atom. The molecule has 0 aromatic heterocycles. The summed E-state index contributed by atoms with van der Waals surface area (Å²) in [5, 5.41) is 17.5. The molecule has 6 nitrogen and oxygen atoms in total. The van der Waals surface area contributed by atoms with Crippen molar-refractivity contribution >= 4 is 45.0 Å². The van der Waals surface area contributed by atoms with Crippen molar-refractivity contribution in [2.45, 2.75) is 147 Å². The smallest absolute Gasteiger partial charge is 0.146 e. The zero-order valence-corrected chi connectivity index (χ0v) is 36.3. The Kier molecular flexibility index (Phi) is 17.4. The number of fused-ring (bicyclic) bond motifs is 1. The monoisotopic (exact) mass is 750 g/mol. The number of rotatable bonds is 21. The lowest BCUT2D eigenvalue weighted by atomic mass is 9.83. The van der Waals surface area contributed by atoms with Gasteiger partial charge >= 0.3 is 0 Å². The molecular weight excluding hydrogens is 679 g/mol. The number of hydrogen-bond acceptors (Lipinski definition) is 6. The van der Waals surface area contributed by atoms with E-state index >= 15 is 0 Å². The largest absolute Gasteiger partial charge is 0.375 e. The van der Waals surface area contributed by atoms with Crippen molar-refractivity contribution in [1.82, 2.24) is 5.32 Å². The van der Waals surface area contributed by atoms with Crippen molar-refractivity contribution in [2.24, 2.45) is 39.6 Å². The molecule has 3 aromatic rings. The van der Waals surface area contributed by atoms with E-state index in [2.05, 4.69) is 122 Å². The van der Waals surface area contributed by atoms with Crippen LogP contribution in [0.5, 0.6) is 0 Å². The molecule has 0 saturated heterocycles. The molecule has 6 heteroatoms. The number of allylic oxidation sites excluding steroid dienone is 1. The van der Waals surface area contributed by atoms with Crippen molar-refractivity contribution in [3.05, 3.63) is 71.9 Å². The second-order valence-electron chi connectivity index (χ2n) is 17.2. The number of nitrogens with one attached hydrogen (secondary N) is 1. The molecule has 0 aliphatic heterocycles. The number of carbonyl (C=O) groups is 2. The van der Waals surface area contributed by atoms with Crippen molar-refractivity contribution in [3.63, 3.8) is 0 Å². The van der Waals surface area contributed by atoms with Gasteiger partial charge in [0.15, 0.2) is 0 Å². The van der Waals surface area contributed by atoms with Crippen LogP contribution in [-0.4, -0.2) is 39.9 Å². The van der Waals surface area contributed by atoms with Gasteiger partial charge in [0, 0.05) is 42.8 Å². The SMILES string of the molecule is CCC(NC(O)(CC(C)=Nc1ccc2cc(-c3ccc(/C(=C/N=C(C)C(C)CCCCC(=O)CC(C)C)C(C)C)cc3)ccc2c1C)C(C)C(C)C)C(C)=O. The minimum absolute atomic E-state index is 0.0283. The van der Waals surface area contributed by atoms with Gasteiger partial charge < -0.3 is 5.11 Å². The lowest BCUT2D eigenvalue weighted by molar-refractivity contribution is -0.124. The minimum Gasteiger partial charge on any atom is -0.375 e.